The van der Waals surface area contributed by atoms with E-state index in [1.54, 1.807) is 37.3 Å². The largest absolute Gasteiger partial charge is 0.467 e. The second kappa shape index (κ2) is 10.3. The predicted molar refractivity (Wildman–Crippen MR) is 114 cm³/mol. The van der Waals surface area contributed by atoms with E-state index in [2.05, 4.69) is 15.4 Å². The molecule has 0 spiro atoms. The summed E-state index contributed by atoms with van der Waals surface area (Å²) in [6.07, 6.45) is 1.38. The second-order valence-electron chi connectivity index (χ2n) is 6.92. The van der Waals surface area contributed by atoms with Crippen LogP contribution >= 0.6 is 0 Å². The molecule has 1 unspecified atom stereocenters. The minimum absolute atomic E-state index is 0.00304. The molecule has 1 aromatic carbocycles. The predicted octanol–water partition coefficient (Wildman–Crippen LogP) is 1.36. The van der Waals surface area contributed by atoms with Gasteiger partial charge in [0.1, 0.15) is 24.5 Å². The van der Waals surface area contributed by atoms with Gasteiger partial charge in [-0.3, -0.25) is 4.79 Å². The Kier molecular flexibility index (Phi) is 7.51. The molecule has 2 amide bonds. The number of rotatable bonds is 9. The SMILES string of the molecule is CCOC(=O)C1=C(COC(=O)[C@H](C)NS(=O)(=O)c2ccccc2)NC(=O)NC1c1ccco1. The van der Waals surface area contributed by atoms with E-state index in [0.29, 0.717) is 0 Å². The lowest BCUT2D eigenvalue weighted by Crippen LogP contribution is -2.47. The second-order valence-corrected chi connectivity index (χ2v) is 8.64. The minimum Gasteiger partial charge on any atom is -0.467 e. The number of amides is 2. The summed E-state index contributed by atoms with van der Waals surface area (Å²) in [6.45, 7) is 2.51. The summed E-state index contributed by atoms with van der Waals surface area (Å²) >= 11 is 0. The summed E-state index contributed by atoms with van der Waals surface area (Å²) in [4.78, 5) is 37.2. The summed E-state index contributed by atoms with van der Waals surface area (Å²) in [5.41, 5.74) is -0.0122. The molecular weight excluding hydrogens is 454 g/mol. The van der Waals surface area contributed by atoms with Gasteiger partial charge in [-0.2, -0.15) is 4.72 Å². The van der Waals surface area contributed by atoms with Crippen molar-refractivity contribution in [3.63, 3.8) is 0 Å². The molecule has 0 saturated heterocycles. The Hall–Kier alpha value is -3.64. The Morgan fingerprint density at radius 3 is 2.52 bits per heavy atom. The van der Waals surface area contributed by atoms with Gasteiger partial charge in [-0.25, -0.2) is 18.0 Å². The zero-order chi connectivity index (χ0) is 24.0. The summed E-state index contributed by atoms with van der Waals surface area (Å²) < 4.78 is 42.7. The van der Waals surface area contributed by atoms with Crippen LogP contribution in [-0.2, 0) is 29.1 Å². The number of furan rings is 1. The van der Waals surface area contributed by atoms with Crippen LogP contribution in [0.3, 0.4) is 0 Å². The summed E-state index contributed by atoms with van der Waals surface area (Å²) in [5, 5.41) is 5.00. The van der Waals surface area contributed by atoms with Crippen molar-refractivity contribution in [2.75, 3.05) is 13.2 Å². The van der Waals surface area contributed by atoms with Crippen molar-refractivity contribution in [3.05, 3.63) is 65.8 Å². The molecule has 0 saturated carbocycles. The molecule has 2 atom stereocenters. The molecule has 2 aromatic rings. The van der Waals surface area contributed by atoms with E-state index in [4.69, 9.17) is 13.9 Å². The van der Waals surface area contributed by atoms with E-state index in [-0.39, 0.29) is 28.5 Å². The van der Waals surface area contributed by atoms with E-state index < -0.39 is 46.7 Å². The number of carbonyl (C=O) groups is 3. The van der Waals surface area contributed by atoms with E-state index >= 15 is 0 Å². The molecule has 2 heterocycles. The van der Waals surface area contributed by atoms with Crippen LogP contribution in [0, 0.1) is 0 Å². The number of urea groups is 1. The fraction of sp³-hybridized carbons (Fsp3) is 0.286. The molecule has 176 valence electrons. The Morgan fingerprint density at radius 1 is 1.15 bits per heavy atom. The van der Waals surface area contributed by atoms with Gasteiger partial charge in [0.05, 0.1) is 29.0 Å². The molecule has 1 aliphatic rings. The lowest BCUT2D eigenvalue weighted by molar-refractivity contribution is -0.145. The van der Waals surface area contributed by atoms with Gasteiger partial charge in [0.2, 0.25) is 10.0 Å². The van der Waals surface area contributed by atoms with Crippen molar-refractivity contribution < 1.29 is 36.7 Å². The van der Waals surface area contributed by atoms with Crippen LogP contribution in [-0.4, -0.2) is 45.6 Å². The number of nitrogens with one attached hydrogen (secondary N) is 3. The zero-order valence-electron chi connectivity index (χ0n) is 17.9. The minimum atomic E-state index is -3.96. The number of sulfonamides is 1. The van der Waals surface area contributed by atoms with Crippen LogP contribution < -0.4 is 15.4 Å². The third-order valence-electron chi connectivity index (χ3n) is 4.57. The van der Waals surface area contributed by atoms with Crippen molar-refractivity contribution in [1.82, 2.24) is 15.4 Å². The Bertz CT molecular complexity index is 1140. The smallest absolute Gasteiger partial charge is 0.338 e. The molecule has 1 aliphatic heterocycles. The maximum Gasteiger partial charge on any atom is 0.338 e. The van der Waals surface area contributed by atoms with E-state index in [0.717, 1.165) is 0 Å². The highest BCUT2D eigenvalue weighted by Crippen LogP contribution is 2.28. The average Bonchev–Trinajstić information content (AvgIpc) is 3.32. The first-order chi connectivity index (χ1) is 15.7. The number of ether oxygens (including phenoxy) is 2. The number of esters is 2. The van der Waals surface area contributed by atoms with Gasteiger partial charge < -0.3 is 24.5 Å². The average molecular weight is 477 g/mol. The van der Waals surface area contributed by atoms with E-state index in [1.807, 2.05) is 0 Å². The van der Waals surface area contributed by atoms with Crippen molar-refractivity contribution in [3.8, 4) is 0 Å². The molecule has 11 nitrogen and oxygen atoms in total. The van der Waals surface area contributed by atoms with Gasteiger partial charge in [-0.1, -0.05) is 18.2 Å². The zero-order valence-corrected chi connectivity index (χ0v) is 18.7. The molecule has 0 aliphatic carbocycles. The number of hydrogen-bond donors (Lipinski definition) is 3. The van der Waals surface area contributed by atoms with Gasteiger partial charge >= 0.3 is 18.0 Å². The first kappa shape index (κ1) is 24.0. The molecule has 0 radical (unpaired) electrons. The van der Waals surface area contributed by atoms with E-state index in [1.165, 1.54) is 25.3 Å². The molecule has 1 aromatic heterocycles. The first-order valence-electron chi connectivity index (χ1n) is 9.98. The fourth-order valence-corrected chi connectivity index (χ4v) is 4.28. The van der Waals surface area contributed by atoms with Crippen LogP contribution in [0.15, 0.2) is 69.3 Å². The van der Waals surface area contributed by atoms with Gasteiger partial charge in [-0.05, 0) is 38.1 Å². The quantitative estimate of drug-likeness (QED) is 0.458. The summed E-state index contributed by atoms with van der Waals surface area (Å²) in [7, 11) is -3.96. The van der Waals surface area contributed by atoms with Crippen LogP contribution in [0.2, 0.25) is 0 Å². The Morgan fingerprint density at radius 2 is 1.88 bits per heavy atom. The van der Waals surface area contributed by atoms with Crippen LogP contribution in [0.4, 0.5) is 4.79 Å². The van der Waals surface area contributed by atoms with Crippen molar-refractivity contribution in [2.24, 2.45) is 0 Å². The standard InChI is InChI=1S/C21H23N3O8S/c1-3-30-20(26)17-15(22-21(27)23-18(17)16-10-7-11-31-16)12-32-19(25)13(2)24-33(28,29)14-8-5-4-6-9-14/h4-11,13,18,24H,3,12H2,1-2H3,(H2,22,23,27)/t13-,18?/m0/s1. The van der Waals surface area contributed by atoms with Crippen molar-refractivity contribution in [2.45, 2.75) is 30.8 Å². The van der Waals surface area contributed by atoms with Crippen LogP contribution in [0.25, 0.3) is 0 Å². The third-order valence-corrected chi connectivity index (χ3v) is 6.13. The van der Waals surface area contributed by atoms with Crippen LogP contribution in [0.5, 0.6) is 0 Å². The molecule has 3 rings (SSSR count). The maximum absolute atomic E-state index is 12.6. The lowest BCUT2D eigenvalue weighted by Gasteiger charge is -2.27. The number of hydrogen-bond acceptors (Lipinski definition) is 8. The highest BCUT2D eigenvalue weighted by Gasteiger charge is 2.36. The van der Waals surface area contributed by atoms with Gasteiger partial charge in [0.25, 0.3) is 0 Å². The summed E-state index contributed by atoms with van der Waals surface area (Å²) in [6, 6.07) is 7.85. The van der Waals surface area contributed by atoms with Gasteiger partial charge in [-0.15, -0.1) is 0 Å². The lowest BCUT2D eigenvalue weighted by atomic mass is 10.0. The molecule has 33 heavy (non-hydrogen) atoms. The normalized spacial score (nSPS) is 17.0. The molecule has 3 N–H and O–H groups in total. The van der Waals surface area contributed by atoms with Gasteiger partial charge in [0, 0.05) is 0 Å². The number of carbonyl (C=O) groups excluding carboxylic acids is 3. The van der Waals surface area contributed by atoms with Gasteiger partial charge in [0.15, 0.2) is 0 Å². The Labute approximate surface area is 190 Å². The summed E-state index contributed by atoms with van der Waals surface area (Å²) in [5.74, 6) is -1.37. The van der Waals surface area contributed by atoms with Crippen molar-refractivity contribution >= 4 is 28.0 Å². The third kappa shape index (κ3) is 5.79. The fourth-order valence-electron chi connectivity index (χ4n) is 3.07. The molecular formula is C21H23N3O8S. The van der Waals surface area contributed by atoms with E-state index in [9.17, 15) is 22.8 Å². The van der Waals surface area contributed by atoms with Crippen molar-refractivity contribution in [1.29, 1.82) is 0 Å². The molecule has 0 bridgehead atoms. The molecule has 0 fully saturated rings. The Balaban J connectivity index is 1.77. The number of benzene rings is 1. The molecule has 12 heteroatoms. The highest BCUT2D eigenvalue weighted by atomic mass is 32.2. The van der Waals surface area contributed by atoms with Crippen LogP contribution in [0.1, 0.15) is 25.6 Å². The maximum atomic E-state index is 12.6. The monoisotopic (exact) mass is 477 g/mol. The highest BCUT2D eigenvalue weighted by molar-refractivity contribution is 7.89. The topological polar surface area (TPSA) is 153 Å². The first-order valence-corrected chi connectivity index (χ1v) is 11.5.